The molecule has 0 saturated heterocycles. The van der Waals surface area contributed by atoms with Crippen LogP contribution < -0.4 is 10.6 Å². The first-order valence-corrected chi connectivity index (χ1v) is 8.38. The molecule has 2 aromatic rings. The van der Waals surface area contributed by atoms with E-state index in [1.165, 1.54) is 0 Å². The van der Waals surface area contributed by atoms with Crippen molar-refractivity contribution in [2.75, 3.05) is 6.54 Å². The van der Waals surface area contributed by atoms with Crippen LogP contribution in [0.2, 0.25) is 5.02 Å². The third-order valence-electron chi connectivity index (χ3n) is 3.37. The van der Waals surface area contributed by atoms with Crippen molar-refractivity contribution in [2.24, 2.45) is 0 Å². The average molecular weight is 367 g/mol. The molecule has 132 valence electrons. The molecule has 0 aliphatic carbocycles. The maximum Gasteiger partial charge on any atom is 0.268 e. The number of benzene rings is 2. The van der Waals surface area contributed by atoms with Crippen molar-refractivity contribution < 1.29 is 9.59 Å². The summed E-state index contributed by atoms with van der Waals surface area (Å²) in [5, 5.41) is 5.57. The second kappa shape index (κ2) is 10.0. The van der Waals surface area contributed by atoms with E-state index < -0.39 is 11.8 Å². The molecule has 2 N–H and O–H groups in total. The van der Waals surface area contributed by atoms with Gasteiger partial charge >= 0.3 is 0 Å². The van der Waals surface area contributed by atoms with Gasteiger partial charge < -0.3 is 10.6 Å². The first kappa shape index (κ1) is 19.2. The van der Waals surface area contributed by atoms with Crippen LogP contribution in [0.25, 0.3) is 6.08 Å². The highest BCUT2D eigenvalue weighted by atomic mass is 35.5. The van der Waals surface area contributed by atoms with Crippen LogP contribution in [0.5, 0.6) is 0 Å². The maximum atomic E-state index is 12.4. The van der Waals surface area contributed by atoms with Gasteiger partial charge in [-0.15, -0.1) is 6.58 Å². The molecule has 26 heavy (non-hydrogen) atoms. The van der Waals surface area contributed by atoms with Crippen LogP contribution in [0.1, 0.15) is 15.9 Å². The van der Waals surface area contributed by atoms with Crippen LogP contribution >= 0.6 is 11.6 Å². The Hall–Kier alpha value is -3.11. The van der Waals surface area contributed by atoms with Crippen molar-refractivity contribution in [1.29, 1.82) is 0 Å². The molecule has 0 bridgehead atoms. The first-order chi connectivity index (χ1) is 12.6. The lowest BCUT2D eigenvalue weighted by molar-refractivity contribution is -0.117. The van der Waals surface area contributed by atoms with Crippen LogP contribution in [0, 0.1) is 0 Å². The summed E-state index contributed by atoms with van der Waals surface area (Å²) >= 11 is 6.04. The molecule has 0 aliphatic rings. The topological polar surface area (TPSA) is 58.2 Å². The monoisotopic (exact) mass is 366 g/mol. The number of carbonyl (C=O) groups excluding carboxylic acids is 2. The Morgan fingerprint density at radius 2 is 1.73 bits per heavy atom. The summed E-state index contributed by atoms with van der Waals surface area (Å²) in [6, 6.07) is 16.3. The van der Waals surface area contributed by atoms with Crippen LogP contribution in [0.15, 0.2) is 85.1 Å². The third-order valence-corrected chi connectivity index (χ3v) is 3.70. The Labute approximate surface area is 157 Å². The number of nitrogens with one attached hydrogen (secondary N) is 2. The van der Waals surface area contributed by atoms with Crippen LogP contribution in [-0.4, -0.2) is 18.4 Å². The van der Waals surface area contributed by atoms with Gasteiger partial charge in [-0.1, -0.05) is 72.3 Å². The van der Waals surface area contributed by atoms with Gasteiger partial charge in [-0.2, -0.15) is 0 Å². The van der Waals surface area contributed by atoms with Gasteiger partial charge in [0.1, 0.15) is 5.70 Å². The standard InChI is InChI=1S/C21H19ClN2O2/c1-2-15-23-21(26)19(14-8-11-16-9-4-3-5-10-16)24-20(25)17-12-6-7-13-18(17)22/h2-14H,1,15H2,(H,23,26)(H,24,25)/b11-8+,19-14+. The lowest BCUT2D eigenvalue weighted by Gasteiger charge is -2.10. The van der Waals surface area contributed by atoms with E-state index in [0.29, 0.717) is 17.1 Å². The highest BCUT2D eigenvalue weighted by Gasteiger charge is 2.15. The van der Waals surface area contributed by atoms with E-state index in [1.807, 2.05) is 36.4 Å². The number of rotatable bonds is 7. The second-order valence-corrected chi connectivity index (χ2v) is 5.69. The maximum absolute atomic E-state index is 12.4. The molecule has 0 aromatic heterocycles. The molecule has 2 amide bonds. The molecule has 0 fully saturated rings. The lowest BCUT2D eigenvalue weighted by atomic mass is 10.2. The van der Waals surface area contributed by atoms with Gasteiger partial charge in [0.15, 0.2) is 0 Å². The van der Waals surface area contributed by atoms with Crippen molar-refractivity contribution in [1.82, 2.24) is 10.6 Å². The summed E-state index contributed by atoms with van der Waals surface area (Å²) in [6.07, 6.45) is 6.64. The Morgan fingerprint density at radius 3 is 2.42 bits per heavy atom. The van der Waals surface area contributed by atoms with E-state index in [1.54, 1.807) is 42.5 Å². The number of carbonyl (C=O) groups is 2. The van der Waals surface area contributed by atoms with Crippen LogP contribution in [0.3, 0.4) is 0 Å². The fraction of sp³-hybridized carbons (Fsp3) is 0.0476. The van der Waals surface area contributed by atoms with Gasteiger partial charge in [0.25, 0.3) is 11.8 Å². The highest BCUT2D eigenvalue weighted by molar-refractivity contribution is 6.34. The predicted octanol–water partition coefficient (Wildman–Crippen LogP) is 3.97. The smallest absolute Gasteiger partial charge is 0.268 e. The van der Waals surface area contributed by atoms with Gasteiger partial charge in [-0.25, -0.2) is 0 Å². The quantitative estimate of drug-likeness (QED) is 0.442. The largest absolute Gasteiger partial charge is 0.347 e. The van der Waals surface area contributed by atoms with E-state index in [0.717, 1.165) is 5.56 Å². The number of amides is 2. The zero-order valence-corrected chi connectivity index (χ0v) is 14.9. The Balaban J connectivity index is 2.20. The fourth-order valence-corrected chi connectivity index (χ4v) is 2.31. The van der Waals surface area contributed by atoms with Crippen LogP contribution in [0.4, 0.5) is 0 Å². The minimum Gasteiger partial charge on any atom is -0.347 e. The zero-order chi connectivity index (χ0) is 18.8. The lowest BCUT2D eigenvalue weighted by Crippen LogP contribution is -2.35. The normalized spacial score (nSPS) is 11.2. The van der Waals surface area contributed by atoms with E-state index in [4.69, 9.17) is 11.6 Å². The van der Waals surface area contributed by atoms with Crippen molar-refractivity contribution in [3.05, 3.63) is 101 Å². The summed E-state index contributed by atoms with van der Waals surface area (Å²) in [5.41, 5.74) is 1.39. The Bertz CT molecular complexity index is 842. The van der Waals surface area contributed by atoms with Gasteiger partial charge in [0.2, 0.25) is 0 Å². The number of hydrogen-bond donors (Lipinski definition) is 2. The van der Waals surface area contributed by atoms with Gasteiger partial charge in [0.05, 0.1) is 10.6 Å². The van der Waals surface area contributed by atoms with E-state index in [9.17, 15) is 9.59 Å². The second-order valence-electron chi connectivity index (χ2n) is 5.28. The third kappa shape index (κ3) is 5.76. The minimum absolute atomic E-state index is 0.115. The Morgan fingerprint density at radius 1 is 1.04 bits per heavy atom. The summed E-state index contributed by atoms with van der Waals surface area (Å²) in [6.45, 7) is 3.85. The number of allylic oxidation sites excluding steroid dienone is 2. The summed E-state index contributed by atoms with van der Waals surface area (Å²) in [4.78, 5) is 24.7. The van der Waals surface area contributed by atoms with Gasteiger partial charge in [0, 0.05) is 6.54 Å². The molecule has 0 atom stereocenters. The average Bonchev–Trinajstić information content (AvgIpc) is 2.66. The van der Waals surface area contributed by atoms with E-state index >= 15 is 0 Å². The molecule has 0 heterocycles. The molecule has 0 spiro atoms. The minimum atomic E-state index is -0.455. The molecule has 5 heteroatoms. The van der Waals surface area contributed by atoms with Gasteiger partial charge in [-0.3, -0.25) is 9.59 Å². The van der Waals surface area contributed by atoms with Crippen molar-refractivity contribution in [3.63, 3.8) is 0 Å². The van der Waals surface area contributed by atoms with E-state index in [2.05, 4.69) is 17.2 Å². The summed E-state index contributed by atoms with van der Waals surface area (Å²) in [5.74, 6) is -0.869. The fourth-order valence-electron chi connectivity index (χ4n) is 2.09. The predicted molar refractivity (Wildman–Crippen MR) is 106 cm³/mol. The molecule has 2 aromatic carbocycles. The van der Waals surface area contributed by atoms with Crippen molar-refractivity contribution in [3.8, 4) is 0 Å². The highest BCUT2D eigenvalue weighted by Crippen LogP contribution is 2.15. The Kier molecular flexibility index (Phi) is 7.40. The SMILES string of the molecule is C=CCNC(=O)/C(=C\C=C\c1ccccc1)NC(=O)c1ccccc1Cl. The molecule has 0 saturated carbocycles. The molecule has 2 rings (SSSR count). The van der Waals surface area contributed by atoms with Gasteiger partial charge in [-0.05, 0) is 23.8 Å². The molecule has 0 unspecified atom stereocenters. The molecule has 0 aliphatic heterocycles. The molecule has 4 nitrogen and oxygen atoms in total. The molecule has 0 radical (unpaired) electrons. The van der Waals surface area contributed by atoms with Crippen LogP contribution in [-0.2, 0) is 4.79 Å². The van der Waals surface area contributed by atoms with Crippen molar-refractivity contribution >= 4 is 29.5 Å². The van der Waals surface area contributed by atoms with Crippen molar-refractivity contribution in [2.45, 2.75) is 0 Å². The summed E-state index contributed by atoms with van der Waals surface area (Å²) in [7, 11) is 0. The molecular formula is C21H19ClN2O2. The summed E-state index contributed by atoms with van der Waals surface area (Å²) < 4.78 is 0. The van der Waals surface area contributed by atoms with E-state index in [-0.39, 0.29) is 5.70 Å². The first-order valence-electron chi connectivity index (χ1n) is 8.00. The number of halogens is 1. The zero-order valence-electron chi connectivity index (χ0n) is 14.1. The number of hydrogen-bond acceptors (Lipinski definition) is 2. The molecular weight excluding hydrogens is 348 g/mol.